The second-order valence-corrected chi connectivity index (χ2v) is 18.4. The van der Waals surface area contributed by atoms with Crippen LogP contribution in [0, 0.1) is 0 Å². The Kier molecular flexibility index (Phi) is 53.4. The standard InChI is InChI=1S/C63H104O6/c1-4-7-10-13-16-19-22-25-28-31-32-33-36-38-41-44-47-50-53-56-62(65)68-59-60(69-63(66)57-54-51-48-45-42-39-35-30-27-24-21-18-15-12-9-6-3)58-67-61(64)55-52-49-46-43-40-37-34-29-26-23-20-17-14-11-8-5-2/h7,9-10,12,16,18-19,21,25,27-28,30,32-33,38-39,41-42,60H,4-6,8,11,13-15,17,20,22-24,26,29,31,34-37,40,43-59H2,1-3H3/b10-7-,12-9-,19-16-,21-18-,28-25-,30-27-,33-32-,41-38-,42-39-. The van der Waals surface area contributed by atoms with E-state index in [2.05, 4.69) is 130 Å². The van der Waals surface area contributed by atoms with Crippen molar-refractivity contribution in [1.29, 1.82) is 0 Å². The number of esters is 3. The van der Waals surface area contributed by atoms with Gasteiger partial charge in [-0.2, -0.15) is 0 Å². The van der Waals surface area contributed by atoms with E-state index < -0.39 is 6.10 Å². The van der Waals surface area contributed by atoms with Gasteiger partial charge in [0.2, 0.25) is 0 Å². The molecule has 0 aliphatic rings. The lowest BCUT2D eigenvalue weighted by atomic mass is 10.0. The summed E-state index contributed by atoms with van der Waals surface area (Å²) in [6, 6.07) is 0. The van der Waals surface area contributed by atoms with E-state index in [1.54, 1.807) is 0 Å². The lowest BCUT2D eigenvalue weighted by molar-refractivity contribution is -0.167. The summed E-state index contributed by atoms with van der Waals surface area (Å²) in [5.41, 5.74) is 0. The number of carbonyl (C=O) groups excluding carboxylic acids is 3. The molecule has 0 aliphatic carbocycles. The van der Waals surface area contributed by atoms with Crippen molar-refractivity contribution in [3.05, 3.63) is 109 Å². The van der Waals surface area contributed by atoms with Crippen molar-refractivity contribution in [3.63, 3.8) is 0 Å². The number of allylic oxidation sites excluding steroid dienone is 18. The predicted octanol–water partition coefficient (Wildman–Crippen LogP) is 19.1. The second kappa shape index (κ2) is 56.7. The average molecular weight is 958 g/mol. The van der Waals surface area contributed by atoms with Crippen molar-refractivity contribution >= 4 is 17.9 Å². The Labute approximate surface area is 425 Å². The van der Waals surface area contributed by atoms with Gasteiger partial charge in [0.1, 0.15) is 13.2 Å². The quantitative estimate of drug-likeness (QED) is 0.0262. The Balaban J connectivity index is 4.50. The normalized spacial score (nSPS) is 12.9. The molecule has 0 heterocycles. The van der Waals surface area contributed by atoms with Crippen molar-refractivity contribution in [2.45, 2.75) is 258 Å². The summed E-state index contributed by atoms with van der Waals surface area (Å²) in [5, 5.41) is 0. The van der Waals surface area contributed by atoms with Gasteiger partial charge in [-0.25, -0.2) is 0 Å². The van der Waals surface area contributed by atoms with E-state index >= 15 is 0 Å². The molecule has 392 valence electrons. The molecule has 6 heteroatoms. The molecule has 0 aliphatic heterocycles. The maximum atomic E-state index is 12.8. The van der Waals surface area contributed by atoms with Crippen molar-refractivity contribution in [3.8, 4) is 0 Å². The maximum absolute atomic E-state index is 12.8. The lowest BCUT2D eigenvalue weighted by Crippen LogP contribution is -2.30. The minimum Gasteiger partial charge on any atom is -0.462 e. The molecule has 0 aromatic carbocycles. The van der Waals surface area contributed by atoms with Crippen LogP contribution in [-0.4, -0.2) is 37.2 Å². The highest BCUT2D eigenvalue weighted by molar-refractivity contribution is 5.71. The second-order valence-electron chi connectivity index (χ2n) is 18.4. The fourth-order valence-electron chi connectivity index (χ4n) is 7.58. The van der Waals surface area contributed by atoms with Crippen LogP contribution >= 0.6 is 0 Å². The molecular weight excluding hydrogens is 853 g/mol. The van der Waals surface area contributed by atoms with Crippen LogP contribution in [0.25, 0.3) is 0 Å². The third-order valence-electron chi connectivity index (χ3n) is 11.8. The highest BCUT2D eigenvalue weighted by Crippen LogP contribution is 2.15. The zero-order chi connectivity index (χ0) is 50.0. The topological polar surface area (TPSA) is 78.9 Å². The van der Waals surface area contributed by atoms with Gasteiger partial charge in [0.05, 0.1) is 0 Å². The van der Waals surface area contributed by atoms with Crippen LogP contribution in [0.1, 0.15) is 252 Å². The third kappa shape index (κ3) is 54.9. The number of hydrogen-bond acceptors (Lipinski definition) is 6. The maximum Gasteiger partial charge on any atom is 0.306 e. The van der Waals surface area contributed by atoms with E-state index in [0.29, 0.717) is 12.8 Å². The first-order valence-corrected chi connectivity index (χ1v) is 28.4. The van der Waals surface area contributed by atoms with Gasteiger partial charge < -0.3 is 14.2 Å². The summed E-state index contributed by atoms with van der Waals surface area (Å²) in [4.78, 5) is 38.1. The van der Waals surface area contributed by atoms with Crippen molar-refractivity contribution < 1.29 is 28.6 Å². The Morgan fingerprint density at radius 1 is 0.304 bits per heavy atom. The third-order valence-corrected chi connectivity index (χ3v) is 11.8. The van der Waals surface area contributed by atoms with Crippen molar-refractivity contribution in [2.24, 2.45) is 0 Å². The van der Waals surface area contributed by atoms with E-state index in [1.165, 1.54) is 83.5 Å². The number of carbonyl (C=O) groups is 3. The fourth-order valence-corrected chi connectivity index (χ4v) is 7.58. The predicted molar refractivity (Wildman–Crippen MR) is 297 cm³/mol. The van der Waals surface area contributed by atoms with Crippen LogP contribution in [0.2, 0.25) is 0 Å². The first kappa shape index (κ1) is 65.1. The van der Waals surface area contributed by atoms with E-state index in [1.807, 2.05) is 0 Å². The summed E-state index contributed by atoms with van der Waals surface area (Å²) in [7, 11) is 0. The summed E-state index contributed by atoms with van der Waals surface area (Å²) in [6.07, 6.45) is 76.5. The number of rotatable bonds is 50. The molecule has 1 atom stereocenters. The zero-order valence-electron chi connectivity index (χ0n) is 44.8. The Morgan fingerprint density at radius 3 is 0.884 bits per heavy atom. The number of ether oxygens (including phenoxy) is 3. The van der Waals surface area contributed by atoms with Crippen molar-refractivity contribution in [1.82, 2.24) is 0 Å². The largest absolute Gasteiger partial charge is 0.462 e. The molecule has 0 amide bonds. The van der Waals surface area contributed by atoms with Crippen LogP contribution in [0.4, 0.5) is 0 Å². The minimum absolute atomic E-state index is 0.101. The molecule has 0 saturated heterocycles. The molecule has 0 rings (SSSR count). The van der Waals surface area contributed by atoms with Gasteiger partial charge in [0.15, 0.2) is 6.10 Å². The summed E-state index contributed by atoms with van der Waals surface area (Å²) < 4.78 is 16.8. The van der Waals surface area contributed by atoms with Gasteiger partial charge in [0, 0.05) is 19.3 Å². The average Bonchev–Trinajstić information content (AvgIpc) is 3.35. The SMILES string of the molecule is CC/C=C\C/C=C\C/C=C\C/C=C\C/C=C\CCCCCC(=O)OCC(COC(=O)CCCCCCCCCCCCCCCCCC)OC(=O)CCCCC/C=C\C/C=C\C/C=C\C/C=C\CC. The van der Waals surface area contributed by atoms with Crippen LogP contribution in [0.3, 0.4) is 0 Å². The Bertz CT molecular complexity index is 1420. The molecule has 0 aromatic rings. The van der Waals surface area contributed by atoms with E-state index in [4.69, 9.17) is 14.2 Å². The van der Waals surface area contributed by atoms with Gasteiger partial charge in [-0.15, -0.1) is 0 Å². The van der Waals surface area contributed by atoms with Crippen LogP contribution in [-0.2, 0) is 28.6 Å². The van der Waals surface area contributed by atoms with Gasteiger partial charge in [-0.1, -0.05) is 239 Å². The van der Waals surface area contributed by atoms with Crippen LogP contribution in [0.5, 0.6) is 0 Å². The molecule has 6 nitrogen and oxygen atoms in total. The summed E-state index contributed by atoms with van der Waals surface area (Å²) >= 11 is 0. The zero-order valence-corrected chi connectivity index (χ0v) is 44.8. The molecule has 0 bridgehead atoms. The fraction of sp³-hybridized carbons (Fsp3) is 0.667. The molecule has 1 unspecified atom stereocenters. The summed E-state index contributed by atoms with van der Waals surface area (Å²) in [5.74, 6) is -0.964. The first-order chi connectivity index (χ1) is 34.0. The highest BCUT2D eigenvalue weighted by atomic mass is 16.6. The molecule has 69 heavy (non-hydrogen) atoms. The van der Waals surface area contributed by atoms with Crippen LogP contribution in [0.15, 0.2) is 109 Å². The lowest BCUT2D eigenvalue weighted by Gasteiger charge is -2.18. The molecule has 0 spiro atoms. The van der Waals surface area contributed by atoms with Gasteiger partial charge in [0.25, 0.3) is 0 Å². The van der Waals surface area contributed by atoms with Gasteiger partial charge in [-0.05, 0) is 103 Å². The Hall–Kier alpha value is -3.93. The smallest absolute Gasteiger partial charge is 0.306 e. The number of unbranched alkanes of at least 4 members (excludes halogenated alkanes) is 21. The van der Waals surface area contributed by atoms with Gasteiger partial charge in [-0.3, -0.25) is 14.4 Å². The minimum atomic E-state index is -0.809. The summed E-state index contributed by atoms with van der Waals surface area (Å²) in [6.45, 7) is 6.36. The molecule has 0 N–H and O–H groups in total. The van der Waals surface area contributed by atoms with Crippen molar-refractivity contribution in [2.75, 3.05) is 13.2 Å². The Morgan fingerprint density at radius 2 is 0.565 bits per heavy atom. The van der Waals surface area contributed by atoms with Gasteiger partial charge >= 0.3 is 17.9 Å². The van der Waals surface area contributed by atoms with E-state index in [9.17, 15) is 14.4 Å². The van der Waals surface area contributed by atoms with Crippen LogP contribution < -0.4 is 0 Å². The van der Waals surface area contributed by atoms with E-state index in [0.717, 1.165) is 128 Å². The molecule has 0 aromatic heterocycles. The first-order valence-electron chi connectivity index (χ1n) is 28.4. The molecule has 0 radical (unpaired) electrons. The molecular formula is C63H104O6. The highest BCUT2D eigenvalue weighted by Gasteiger charge is 2.19. The monoisotopic (exact) mass is 957 g/mol. The molecule has 0 saturated carbocycles. The number of hydrogen-bond donors (Lipinski definition) is 0. The molecule has 0 fully saturated rings. The van der Waals surface area contributed by atoms with E-state index in [-0.39, 0.29) is 37.5 Å².